The number of hydrogen-bond donors (Lipinski definition) is 1. The number of ether oxygens (including phenoxy) is 4. The average molecular weight is 348 g/mol. The second-order valence-corrected chi connectivity index (χ2v) is 6.56. The molecule has 0 saturated heterocycles. The van der Waals surface area contributed by atoms with Crippen LogP contribution < -0.4 is 9.47 Å². The molecule has 0 aromatic heterocycles. The molecule has 1 unspecified atom stereocenters. The number of methoxy groups -OCH3 is 2. The maximum Gasteiger partial charge on any atom is 0.332 e. The first-order valence-electron chi connectivity index (χ1n) is 7.34. The fourth-order valence-corrected chi connectivity index (χ4v) is 2.99. The van der Waals surface area contributed by atoms with E-state index in [1.54, 1.807) is 39.3 Å². The smallest absolute Gasteiger partial charge is 0.332 e. The monoisotopic (exact) mass is 348 g/mol. The Morgan fingerprint density at radius 2 is 1.48 bits per heavy atom. The lowest BCUT2D eigenvalue weighted by atomic mass is 10.2. The molecule has 1 aromatic rings. The molecule has 0 aliphatic carbocycles. The van der Waals surface area contributed by atoms with Gasteiger partial charge in [0.2, 0.25) is 0 Å². The molecule has 7 nitrogen and oxygen atoms in total. The van der Waals surface area contributed by atoms with Crippen molar-refractivity contribution in [3.8, 4) is 11.5 Å². The fourth-order valence-electron chi connectivity index (χ4n) is 1.85. The molecule has 0 amide bonds. The van der Waals surface area contributed by atoms with Crippen LogP contribution in [0.25, 0.3) is 0 Å². The molecule has 23 heavy (non-hydrogen) atoms. The third-order valence-electron chi connectivity index (χ3n) is 2.77. The van der Waals surface area contributed by atoms with Gasteiger partial charge in [0.25, 0.3) is 0 Å². The van der Waals surface area contributed by atoms with E-state index in [-0.39, 0.29) is 12.8 Å². The van der Waals surface area contributed by atoms with E-state index in [1.807, 2.05) is 0 Å². The standard InChI is InChI=1S/C15H25O7P/c1-4-22-23(16,17)12-13-9-14(20-7-5-18-2)11-15(10-13)21-8-6-19-3/h9-11H,4-8,12H2,1-3H3,(H,16,17). The van der Waals surface area contributed by atoms with Gasteiger partial charge in [-0.05, 0) is 24.6 Å². The molecule has 1 atom stereocenters. The van der Waals surface area contributed by atoms with Crippen molar-refractivity contribution in [3.05, 3.63) is 23.8 Å². The molecule has 0 radical (unpaired) electrons. The summed E-state index contributed by atoms with van der Waals surface area (Å²) in [6, 6.07) is 5.11. The van der Waals surface area contributed by atoms with Gasteiger partial charge in [0.1, 0.15) is 24.7 Å². The second-order valence-electron chi connectivity index (χ2n) is 4.71. The largest absolute Gasteiger partial charge is 0.491 e. The quantitative estimate of drug-likeness (QED) is 0.459. The number of rotatable bonds is 12. The summed E-state index contributed by atoms with van der Waals surface area (Å²) < 4.78 is 37.8. The van der Waals surface area contributed by atoms with E-state index in [4.69, 9.17) is 23.5 Å². The van der Waals surface area contributed by atoms with Crippen LogP contribution in [0.3, 0.4) is 0 Å². The lowest BCUT2D eigenvalue weighted by Gasteiger charge is -2.14. The number of benzene rings is 1. The zero-order chi connectivity index (χ0) is 17.1. The summed E-state index contributed by atoms with van der Waals surface area (Å²) in [5, 5.41) is 0. The van der Waals surface area contributed by atoms with Crippen molar-refractivity contribution in [1.82, 2.24) is 0 Å². The van der Waals surface area contributed by atoms with Crippen LogP contribution in [-0.2, 0) is 24.7 Å². The van der Waals surface area contributed by atoms with Crippen LogP contribution in [0.15, 0.2) is 18.2 Å². The minimum Gasteiger partial charge on any atom is -0.491 e. The average Bonchev–Trinajstić information content (AvgIpc) is 2.47. The first-order valence-corrected chi connectivity index (χ1v) is 9.10. The van der Waals surface area contributed by atoms with Crippen LogP contribution in [-0.4, -0.2) is 52.1 Å². The minimum absolute atomic E-state index is 0.108. The highest BCUT2D eigenvalue weighted by Crippen LogP contribution is 2.46. The maximum absolute atomic E-state index is 11.9. The predicted octanol–water partition coefficient (Wildman–Crippen LogP) is 2.46. The van der Waals surface area contributed by atoms with E-state index in [2.05, 4.69) is 0 Å². The maximum atomic E-state index is 11.9. The molecular weight excluding hydrogens is 323 g/mol. The van der Waals surface area contributed by atoms with Crippen LogP contribution in [0.1, 0.15) is 12.5 Å². The molecule has 0 fully saturated rings. The van der Waals surface area contributed by atoms with E-state index in [0.29, 0.717) is 43.5 Å². The first-order chi connectivity index (χ1) is 11.0. The summed E-state index contributed by atoms with van der Waals surface area (Å²) in [5.74, 6) is 1.09. The van der Waals surface area contributed by atoms with Crippen molar-refractivity contribution in [1.29, 1.82) is 0 Å². The van der Waals surface area contributed by atoms with Gasteiger partial charge in [-0.1, -0.05) is 0 Å². The minimum atomic E-state index is -3.68. The van der Waals surface area contributed by atoms with Crippen LogP contribution in [0.4, 0.5) is 0 Å². The Bertz CT molecular complexity index is 478. The van der Waals surface area contributed by atoms with Crippen molar-refractivity contribution in [3.63, 3.8) is 0 Å². The Hall–Kier alpha value is -1.11. The van der Waals surface area contributed by atoms with Gasteiger partial charge in [0.05, 0.1) is 26.0 Å². The van der Waals surface area contributed by atoms with Gasteiger partial charge in [0, 0.05) is 20.3 Å². The lowest BCUT2D eigenvalue weighted by Crippen LogP contribution is -2.07. The molecule has 0 aliphatic rings. The predicted molar refractivity (Wildman–Crippen MR) is 86.3 cm³/mol. The van der Waals surface area contributed by atoms with Gasteiger partial charge in [-0.3, -0.25) is 4.57 Å². The molecule has 132 valence electrons. The summed E-state index contributed by atoms with van der Waals surface area (Å²) in [5.41, 5.74) is 0.603. The Kier molecular flexibility index (Phi) is 9.21. The van der Waals surface area contributed by atoms with Crippen molar-refractivity contribution in [2.75, 3.05) is 47.3 Å². The highest BCUT2D eigenvalue weighted by atomic mass is 31.2. The van der Waals surface area contributed by atoms with Gasteiger partial charge in [-0.15, -0.1) is 0 Å². The summed E-state index contributed by atoms with van der Waals surface area (Å²) in [7, 11) is -0.505. The van der Waals surface area contributed by atoms with Gasteiger partial charge < -0.3 is 28.4 Å². The van der Waals surface area contributed by atoms with Crippen LogP contribution >= 0.6 is 7.60 Å². The summed E-state index contributed by atoms with van der Waals surface area (Å²) in [4.78, 5) is 9.79. The van der Waals surface area contributed by atoms with Gasteiger partial charge >= 0.3 is 7.60 Å². The fraction of sp³-hybridized carbons (Fsp3) is 0.600. The molecule has 1 rings (SSSR count). The van der Waals surface area contributed by atoms with Crippen molar-refractivity contribution in [2.24, 2.45) is 0 Å². The lowest BCUT2D eigenvalue weighted by molar-refractivity contribution is 0.142. The van der Waals surface area contributed by atoms with E-state index in [1.165, 1.54) is 0 Å². The molecule has 0 bridgehead atoms. The van der Waals surface area contributed by atoms with Crippen molar-refractivity contribution in [2.45, 2.75) is 13.1 Å². The SMILES string of the molecule is CCOP(=O)(O)Cc1cc(OCCOC)cc(OCCOC)c1. The first kappa shape index (κ1) is 19.9. The normalized spacial score (nSPS) is 13.6. The van der Waals surface area contributed by atoms with E-state index < -0.39 is 7.60 Å². The van der Waals surface area contributed by atoms with E-state index >= 15 is 0 Å². The van der Waals surface area contributed by atoms with Gasteiger partial charge in [-0.2, -0.15) is 0 Å². The molecule has 1 N–H and O–H groups in total. The summed E-state index contributed by atoms with van der Waals surface area (Å²) in [6.45, 7) is 3.49. The zero-order valence-electron chi connectivity index (χ0n) is 13.8. The van der Waals surface area contributed by atoms with E-state index in [9.17, 15) is 9.46 Å². The third-order valence-corrected chi connectivity index (χ3v) is 4.19. The third kappa shape index (κ3) is 8.34. The molecule has 1 aromatic carbocycles. The van der Waals surface area contributed by atoms with Crippen LogP contribution in [0.5, 0.6) is 11.5 Å². The molecule has 0 spiro atoms. The Balaban J connectivity index is 2.86. The molecule has 8 heteroatoms. The Labute approximate surface area is 137 Å². The summed E-state index contributed by atoms with van der Waals surface area (Å²) >= 11 is 0. The molecule has 0 aliphatic heterocycles. The van der Waals surface area contributed by atoms with Crippen LogP contribution in [0, 0.1) is 0 Å². The Morgan fingerprint density at radius 1 is 0.957 bits per heavy atom. The molecule has 0 saturated carbocycles. The van der Waals surface area contributed by atoms with Crippen molar-refractivity contribution >= 4 is 7.60 Å². The molecule has 0 heterocycles. The van der Waals surface area contributed by atoms with E-state index in [0.717, 1.165) is 0 Å². The van der Waals surface area contributed by atoms with Crippen LogP contribution in [0.2, 0.25) is 0 Å². The second kappa shape index (κ2) is 10.6. The highest BCUT2D eigenvalue weighted by Gasteiger charge is 2.20. The Morgan fingerprint density at radius 3 is 1.91 bits per heavy atom. The zero-order valence-corrected chi connectivity index (χ0v) is 14.7. The molecular formula is C15H25O7P. The summed E-state index contributed by atoms with van der Waals surface area (Å²) in [6.07, 6.45) is -0.108. The van der Waals surface area contributed by atoms with Gasteiger partial charge in [-0.25, -0.2) is 0 Å². The van der Waals surface area contributed by atoms with Crippen molar-refractivity contribution < 1.29 is 32.9 Å². The topological polar surface area (TPSA) is 83.5 Å². The number of hydrogen-bond acceptors (Lipinski definition) is 6. The van der Waals surface area contributed by atoms with Gasteiger partial charge in [0.15, 0.2) is 0 Å². The highest BCUT2D eigenvalue weighted by molar-refractivity contribution is 7.51.